The van der Waals surface area contributed by atoms with Gasteiger partial charge in [-0.1, -0.05) is 41.4 Å². The lowest BCUT2D eigenvalue weighted by Crippen LogP contribution is -2.14. The molecule has 0 aliphatic rings. The Morgan fingerprint density at radius 3 is 2.57 bits per heavy atom. The lowest BCUT2D eigenvalue weighted by atomic mass is 10.1. The molecule has 2 N–H and O–H groups in total. The van der Waals surface area contributed by atoms with Crippen molar-refractivity contribution in [2.75, 3.05) is 5.32 Å². The Morgan fingerprint density at radius 1 is 1.19 bits per heavy atom. The average Bonchev–Trinajstić information content (AvgIpc) is 2.38. The third kappa shape index (κ3) is 4.07. The lowest BCUT2D eigenvalue weighted by molar-refractivity contribution is -0.115. The quantitative estimate of drug-likeness (QED) is 0.908. The van der Waals surface area contributed by atoms with Gasteiger partial charge in [0.15, 0.2) is 0 Å². The molecule has 0 aliphatic carbocycles. The van der Waals surface area contributed by atoms with E-state index in [0.717, 1.165) is 11.1 Å². The first kappa shape index (κ1) is 15.1. The fourth-order valence-corrected chi connectivity index (χ4v) is 2.24. The molecule has 108 valence electrons. The highest BCUT2D eigenvalue weighted by molar-refractivity contribution is 6.33. The summed E-state index contributed by atoms with van der Waals surface area (Å²) < 4.78 is 0. The Hall–Kier alpha value is -2.33. The van der Waals surface area contributed by atoms with Crippen molar-refractivity contribution in [2.24, 2.45) is 0 Å². The molecule has 0 fully saturated rings. The molecule has 0 saturated carbocycles. The van der Waals surface area contributed by atoms with Gasteiger partial charge < -0.3 is 10.4 Å². The van der Waals surface area contributed by atoms with E-state index in [0.29, 0.717) is 5.69 Å². The van der Waals surface area contributed by atoms with Crippen LogP contribution in [0.1, 0.15) is 21.5 Å². The van der Waals surface area contributed by atoms with Gasteiger partial charge >= 0.3 is 5.97 Å². The summed E-state index contributed by atoms with van der Waals surface area (Å²) >= 11 is 5.86. The van der Waals surface area contributed by atoms with Gasteiger partial charge in [0, 0.05) is 5.69 Å². The van der Waals surface area contributed by atoms with Crippen LogP contribution in [-0.2, 0) is 11.2 Å². The van der Waals surface area contributed by atoms with E-state index in [4.69, 9.17) is 16.7 Å². The fourth-order valence-electron chi connectivity index (χ4n) is 1.98. The van der Waals surface area contributed by atoms with Crippen LogP contribution < -0.4 is 5.32 Å². The first-order valence-corrected chi connectivity index (χ1v) is 6.72. The average molecular weight is 304 g/mol. The molecule has 2 aromatic carbocycles. The van der Waals surface area contributed by atoms with E-state index >= 15 is 0 Å². The van der Waals surface area contributed by atoms with Crippen LogP contribution in [0.3, 0.4) is 0 Å². The second-order valence-electron chi connectivity index (χ2n) is 4.71. The summed E-state index contributed by atoms with van der Waals surface area (Å²) in [7, 11) is 0. The minimum absolute atomic E-state index is 0.00773. The van der Waals surface area contributed by atoms with Crippen LogP contribution in [0.5, 0.6) is 0 Å². The number of aromatic carboxylic acids is 1. The van der Waals surface area contributed by atoms with Crippen molar-refractivity contribution in [3.05, 3.63) is 64.2 Å². The van der Waals surface area contributed by atoms with Gasteiger partial charge in [-0.25, -0.2) is 4.79 Å². The van der Waals surface area contributed by atoms with Gasteiger partial charge in [0.05, 0.1) is 17.0 Å². The zero-order chi connectivity index (χ0) is 15.4. The number of carboxylic acids is 1. The number of hydrogen-bond acceptors (Lipinski definition) is 2. The van der Waals surface area contributed by atoms with Gasteiger partial charge in [0.1, 0.15) is 0 Å². The molecule has 0 unspecified atom stereocenters. The Balaban J connectivity index is 2.06. The second-order valence-corrected chi connectivity index (χ2v) is 5.12. The third-order valence-corrected chi connectivity index (χ3v) is 3.24. The maximum atomic E-state index is 12.0. The highest BCUT2D eigenvalue weighted by Crippen LogP contribution is 2.21. The molecule has 1 amide bonds. The summed E-state index contributed by atoms with van der Waals surface area (Å²) in [5, 5.41) is 11.7. The van der Waals surface area contributed by atoms with Crippen molar-refractivity contribution in [1.29, 1.82) is 0 Å². The minimum atomic E-state index is -1.10. The smallest absolute Gasteiger partial charge is 0.337 e. The molecule has 4 nitrogen and oxygen atoms in total. The monoisotopic (exact) mass is 303 g/mol. The molecular formula is C16H14ClNO3. The number of aryl methyl sites for hydroxylation is 1. The summed E-state index contributed by atoms with van der Waals surface area (Å²) in [4.78, 5) is 22.8. The fraction of sp³-hybridized carbons (Fsp3) is 0.125. The molecule has 0 spiro atoms. The van der Waals surface area contributed by atoms with Crippen molar-refractivity contribution in [2.45, 2.75) is 13.3 Å². The van der Waals surface area contributed by atoms with E-state index in [1.807, 2.05) is 31.2 Å². The Morgan fingerprint density at radius 2 is 1.95 bits per heavy atom. The number of benzene rings is 2. The Labute approximate surface area is 127 Å². The third-order valence-electron chi connectivity index (χ3n) is 2.93. The van der Waals surface area contributed by atoms with E-state index in [1.54, 1.807) is 0 Å². The molecule has 2 aromatic rings. The van der Waals surface area contributed by atoms with Crippen LogP contribution in [0.4, 0.5) is 5.69 Å². The lowest BCUT2D eigenvalue weighted by Gasteiger charge is -2.07. The normalized spacial score (nSPS) is 10.2. The number of carbonyl (C=O) groups is 2. The molecule has 0 radical (unpaired) electrons. The van der Waals surface area contributed by atoms with Crippen molar-refractivity contribution in [3.8, 4) is 0 Å². The van der Waals surface area contributed by atoms with Gasteiger partial charge in [-0.2, -0.15) is 0 Å². The molecule has 5 heteroatoms. The number of carboxylic acid groups (broad SMARTS) is 1. The molecule has 0 aromatic heterocycles. The van der Waals surface area contributed by atoms with Crippen molar-refractivity contribution < 1.29 is 14.7 Å². The molecule has 0 saturated heterocycles. The summed E-state index contributed by atoms with van der Waals surface area (Å²) in [6.45, 7) is 1.96. The maximum Gasteiger partial charge on any atom is 0.337 e. The van der Waals surface area contributed by atoms with Crippen molar-refractivity contribution in [1.82, 2.24) is 0 Å². The first-order valence-electron chi connectivity index (χ1n) is 6.34. The number of anilines is 1. The van der Waals surface area contributed by atoms with E-state index in [9.17, 15) is 9.59 Å². The predicted octanol–water partition coefficient (Wildman–Crippen LogP) is 3.53. The van der Waals surface area contributed by atoms with Crippen LogP contribution in [0.25, 0.3) is 0 Å². The van der Waals surface area contributed by atoms with Crippen molar-refractivity contribution in [3.63, 3.8) is 0 Å². The Kier molecular flexibility index (Phi) is 4.60. The topological polar surface area (TPSA) is 66.4 Å². The zero-order valence-corrected chi connectivity index (χ0v) is 12.1. The highest BCUT2D eigenvalue weighted by Gasteiger charge is 2.10. The number of amides is 1. The van der Waals surface area contributed by atoms with Crippen LogP contribution in [-0.4, -0.2) is 17.0 Å². The van der Waals surface area contributed by atoms with Gasteiger partial charge in [-0.3, -0.25) is 4.79 Å². The first-order chi connectivity index (χ1) is 9.95. The summed E-state index contributed by atoms with van der Waals surface area (Å²) in [5.41, 5.74) is 2.49. The van der Waals surface area contributed by atoms with Gasteiger partial charge in [-0.05, 0) is 30.7 Å². The number of carbonyl (C=O) groups excluding carboxylic acids is 1. The minimum Gasteiger partial charge on any atom is -0.478 e. The van der Waals surface area contributed by atoms with Gasteiger partial charge in [-0.15, -0.1) is 0 Å². The van der Waals surface area contributed by atoms with E-state index in [2.05, 4.69) is 5.32 Å². The number of halogens is 1. The van der Waals surface area contributed by atoms with Crippen LogP contribution in [0, 0.1) is 6.92 Å². The van der Waals surface area contributed by atoms with E-state index < -0.39 is 5.97 Å². The highest BCUT2D eigenvalue weighted by atomic mass is 35.5. The summed E-state index contributed by atoms with van der Waals surface area (Å²) in [5.74, 6) is -1.28. The van der Waals surface area contributed by atoms with Crippen molar-refractivity contribution >= 4 is 29.2 Å². The molecule has 0 atom stereocenters. The van der Waals surface area contributed by atoms with Crippen LogP contribution in [0.15, 0.2) is 42.5 Å². The molecule has 0 aliphatic heterocycles. The second kappa shape index (κ2) is 6.41. The molecule has 0 heterocycles. The largest absolute Gasteiger partial charge is 0.478 e. The molecular weight excluding hydrogens is 290 g/mol. The van der Waals surface area contributed by atoms with Gasteiger partial charge in [0.25, 0.3) is 0 Å². The number of nitrogens with one attached hydrogen (secondary N) is 1. The van der Waals surface area contributed by atoms with Gasteiger partial charge in [0.2, 0.25) is 5.91 Å². The number of rotatable bonds is 4. The Bertz CT molecular complexity index is 698. The molecule has 21 heavy (non-hydrogen) atoms. The SMILES string of the molecule is Cc1cccc(CC(=O)Nc2ccc(C(=O)O)c(Cl)c2)c1. The van der Waals surface area contributed by atoms with E-state index in [1.165, 1.54) is 18.2 Å². The summed E-state index contributed by atoms with van der Waals surface area (Å²) in [6, 6.07) is 12.0. The zero-order valence-electron chi connectivity index (χ0n) is 11.4. The standard InChI is InChI=1S/C16H14ClNO3/c1-10-3-2-4-11(7-10)8-15(19)18-12-5-6-13(16(20)21)14(17)9-12/h2-7,9H,8H2,1H3,(H,18,19)(H,20,21). The maximum absolute atomic E-state index is 12.0. The number of hydrogen-bond donors (Lipinski definition) is 2. The van der Waals surface area contributed by atoms with Crippen LogP contribution in [0.2, 0.25) is 5.02 Å². The molecule has 0 bridgehead atoms. The predicted molar refractivity (Wildman–Crippen MR) is 81.9 cm³/mol. The van der Waals surface area contributed by atoms with Crippen LogP contribution >= 0.6 is 11.6 Å². The molecule has 2 rings (SSSR count). The summed E-state index contributed by atoms with van der Waals surface area (Å²) in [6.07, 6.45) is 0.250. The van der Waals surface area contributed by atoms with E-state index in [-0.39, 0.29) is 22.9 Å².